The second-order valence-electron chi connectivity index (χ2n) is 4.63. The average Bonchev–Trinajstić information content (AvgIpc) is 2.35. The number of hydrogen-bond donors (Lipinski definition) is 2. The fourth-order valence-corrected chi connectivity index (χ4v) is 2.01. The molecule has 20 heavy (non-hydrogen) atoms. The van der Waals surface area contributed by atoms with Crippen molar-refractivity contribution in [2.45, 2.75) is 6.42 Å². The molecule has 2 N–H and O–H groups in total. The van der Waals surface area contributed by atoms with Crippen LogP contribution in [0.25, 0.3) is 10.9 Å². The molecule has 0 fully saturated rings. The van der Waals surface area contributed by atoms with E-state index < -0.39 is 11.9 Å². The van der Waals surface area contributed by atoms with E-state index in [0.29, 0.717) is 11.2 Å². The van der Waals surface area contributed by atoms with Crippen LogP contribution in [-0.2, 0) is 11.2 Å². The number of rotatable bonds is 4. The van der Waals surface area contributed by atoms with Crippen LogP contribution in [-0.4, -0.2) is 41.2 Å². The predicted molar refractivity (Wildman–Crippen MR) is 74.4 cm³/mol. The zero-order chi connectivity index (χ0) is 14.9. The van der Waals surface area contributed by atoms with Crippen molar-refractivity contribution in [3.8, 4) is 0 Å². The Hall–Kier alpha value is -2.63. The van der Waals surface area contributed by atoms with Gasteiger partial charge in [0.25, 0.3) is 0 Å². The van der Waals surface area contributed by atoms with Gasteiger partial charge in [0.2, 0.25) is 0 Å². The normalized spacial score (nSPS) is 10.5. The maximum absolute atomic E-state index is 11.0. The fraction of sp³-hybridized carbons (Fsp3) is 0.214. The van der Waals surface area contributed by atoms with E-state index in [-0.39, 0.29) is 12.0 Å². The Morgan fingerprint density at radius 1 is 1.20 bits per heavy atom. The number of carboxylic acids is 2. The van der Waals surface area contributed by atoms with E-state index in [1.165, 1.54) is 12.1 Å². The SMILES string of the molecule is CN(C)c1cc(CC(=O)O)nc2cc(C(=O)O)ccc12. The van der Waals surface area contributed by atoms with Crippen LogP contribution in [0.5, 0.6) is 0 Å². The number of anilines is 1. The lowest BCUT2D eigenvalue weighted by Crippen LogP contribution is -2.12. The molecule has 1 aromatic carbocycles. The molecule has 0 aliphatic carbocycles. The third-order valence-corrected chi connectivity index (χ3v) is 2.90. The van der Waals surface area contributed by atoms with Gasteiger partial charge in [-0.2, -0.15) is 0 Å². The Morgan fingerprint density at radius 2 is 1.90 bits per heavy atom. The minimum absolute atomic E-state index is 0.127. The number of benzene rings is 1. The maximum Gasteiger partial charge on any atom is 0.335 e. The number of fused-ring (bicyclic) bond motifs is 1. The van der Waals surface area contributed by atoms with Gasteiger partial charge in [-0.1, -0.05) is 0 Å². The molecule has 0 unspecified atom stereocenters. The summed E-state index contributed by atoms with van der Waals surface area (Å²) in [6.45, 7) is 0. The number of hydrogen-bond acceptors (Lipinski definition) is 4. The lowest BCUT2D eigenvalue weighted by molar-refractivity contribution is -0.136. The number of aromatic carboxylic acids is 1. The first-order valence-electron chi connectivity index (χ1n) is 5.94. The summed E-state index contributed by atoms with van der Waals surface area (Å²) in [5, 5.41) is 18.7. The smallest absolute Gasteiger partial charge is 0.335 e. The van der Waals surface area contributed by atoms with Crippen LogP contribution >= 0.6 is 0 Å². The topological polar surface area (TPSA) is 90.7 Å². The molecule has 0 aliphatic heterocycles. The molecule has 0 bridgehead atoms. The van der Waals surface area contributed by atoms with Gasteiger partial charge in [-0.05, 0) is 24.3 Å². The van der Waals surface area contributed by atoms with E-state index in [9.17, 15) is 9.59 Å². The van der Waals surface area contributed by atoms with E-state index in [0.717, 1.165) is 11.1 Å². The van der Waals surface area contributed by atoms with E-state index in [4.69, 9.17) is 10.2 Å². The molecule has 2 rings (SSSR count). The number of pyridine rings is 1. The highest BCUT2D eigenvalue weighted by atomic mass is 16.4. The van der Waals surface area contributed by atoms with Crippen LogP contribution in [0.15, 0.2) is 24.3 Å². The van der Waals surface area contributed by atoms with Crippen molar-refractivity contribution in [1.82, 2.24) is 4.98 Å². The Morgan fingerprint density at radius 3 is 2.45 bits per heavy atom. The molecule has 0 saturated heterocycles. The highest BCUT2D eigenvalue weighted by Crippen LogP contribution is 2.26. The van der Waals surface area contributed by atoms with Gasteiger partial charge < -0.3 is 15.1 Å². The molecule has 0 aliphatic rings. The molecular formula is C14H14N2O4. The Kier molecular flexibility index (Phi) is 3.56. The van der Waals surface area contributed by atoms with Gasteiger partial charge in [-0.15, -0.1) is 0 Å². The van der Waals surface area contributed by atoms with Gasteiger partial charge in [0, 0.05) is 25.2 Å². The summed E-state index contributed by atoms with van der Waals surface area (Å²) in [4.78, 5) is 27.9. The van der Waals surface area contributed by atoms with E-state index >= 15 is 0 Å². The van der Waals surface area contributed by atoms with Gasteiger partial charge in [-0.3, -0.25) is 9.78 Å². The van der Waals surface area contributed by atoms with Crippen molar-refractivity contribution in [3.05, 3.63) is 35.5 Å². The van der Waals surface area contributed by atoms with Crippen LogP contribution < -0.4 is 4.90 Å². The number of nitrogens with zero attached hydrogens (tertiary/aromatic N) is 2. The highest BCUT2D eigenvalue weighted by Gasteiger charge is 2.12. The number of carboxylic acid groups (broad SMARTS) is 2. The average molecular weight is 274 g/mol. The standard InChI is InChI=1S/C14H14N2O4/c1-16(2)12-6-9(7-13(17)18)15-11-5-8(14(19)20)3-4-10(11)12/h3-6H,7H2,1-2H3,(H,17,18)(H,19,20). The lowest BCUT2D eigenvalue weighted by atomic mass is 10.1. The number of aromatic nitrogens is 1. The van der Waals surface area contributed by atoms with E-state index in [2.05, 4.69) is 4.98 Å². The third-order valence-electron chi connectivity index (χ3n) is 2.90. The van der Waals surface area contributed by atoms with Gasteiger partial charge in [-0.25, -0.2) is 4.79 Å². The van der Waals surface area contributed by atoms with E-state index in [1.54, 1.807) is 12.1 Å². The minimum Gasteiger partial charge on any atom is -0.481 e. The molecule has 0 amide bonds. The van der Waals surface area contributed by atoms with Gasteiger partial charge in [0.1, 0.15) is 0 Å². The Bertz CT molecular complexity index is 695. The van der Waals surface area contributed by atoms with Gasteiger partial charge >= 0.3 is 11.9 Å². The summed E-state index contributed by atoms with van der Waals surface area (Å²) >= 11 is 0. The summed E-state index contributed by atoms with van der Waals surface area (Å²) in [5.41, 5.74) is 1.81. The largest absolute Gasteiger partial charge is 0.481 e. The van der Waals surface area contributed by atoms with Crippen LogP contribution in [0, 0.1) is 0 Å². The molecule has 2 aromatic rings. The predicted octanol–water partition coefficient (Wildman–Crippen LogP) is 1.63. The summed E-state index contributed by atoms with van der Waals surface area (Å²) < 4.78 is 0. The van der Waals surface area contributed by atoms with Crippen LogP contribution in [0.1, 0.15) is 16.1 Å². The molecule has 0 saturated carbocycles. The first kappa shape index (κ1) is 13.8. The molecule has 0 atom stereocenters. The number of aliphatic carboxylic acids is 1. The van der Waals surface area contributed by atoms with Crippen LogP contribution in [0.2, 0.25) is 0 Å². The molecule has 0 radical (unpaired) electrons. The first-order valence-corrected chi connectivity index (χ1v) is 5.94. The number of carbonyl (C=O) groups is 2. The van der Waals surface area contributed by atoms with Crippen molar-refractivity contribution in [1.29, 1.82) is 0 Å². The quantitative estimate of drug-likeness (QED) is 0.880. The van der Waals surface area contributed by atoms with Crippen molar-refractivity contribution >= 4 is 28.5 Å². The first-order chi connectivity index (χ1) is 9.38. The van der Waals surface area contributed by atoms with Gasteiger partial charge in [0.15, 0.2) is 0 Å². The van der Waals surface area contributed by atoms with Crippen molar-refractivity contribution in [2.24, 2.45) is 0 Å². The van der Waals surface area contributed by atoms with E-state index in [1.807, 2.05) is 19.0 Å². The highest BCUT2D eigenvalue weighted by molar-refractivity contribution is 5.98. The minimum atomic E-state index is -1.04. The molecule has 1 heterocycles. The summed E-state index contributed by atoms with van der Waals surface area (Å²) in [6.07, 6.45) is -0.200. The lowest BCUT2D eigenvalue weighted by Gasteiger charge is -2.16. The van der Waals surface area contributed by atoms with Crippen molar-refractivity contribution in [3.63, 3.8) is 0 Å². The summed E-state index contributed by atoms with van der Waals surface area (Å²) in [7, 11) is 3.68. The summed E-state index contributed by atoms with van der Waals surface area (Å²) in [6, 6.07) is 6.36. The van der Waals surface area contributed by atoms with Crippen LogP contribution in [0.4, 0.5) is 5.69 Å². The van der Waals surface area contributed by atoms with Crippen molar-refractivity contribution in [2.75, 3.05) is 19.0 Å². The zero-order valence-corrected chi connectivity index (χ0v) is 11.1. The second-order valence-corrected chi connectivity index (χ2v) is 4.63. The Balaban J connectivity index is 2.68. The molecule has 1 aromatic heterocycles. The monoisotopic (exact) mass is 274 g/mol. The second kappa shape index (κ2) is 5.16. The van der Waals surface area contributed by atoms with Crippen LogP contribution in [0.3, 0.4) is 0 Å². The maximum atomic E-state index is 11.0. The van der Waals surface area contributed by atoms with Gasteiger partial charge in [0.05, 0.1) is 23.2 Å². The summed E-state index contributed by atoms with van der Waals surface area (Å²) in [5.74, 6) is -2.01. The fourth-order valence-electron chi connectivity index (χ4n) is 2.01. The molecular weight excluding hydrogens is 260 g/mol. The van der Waals surface area contributed by atoms with Crippen molar-refractivity contribution < 1.29 is 19.8 Å². The molecule has 0 spiro atoms. The zero-order valence-electron chi connectivity index (χ0n) is 11.1. The molecule has 6 heteroatoms. The molecule has 104 valence electrons. The Labute approximate surface area is 115 Å². The molecule has 6 nitrogen and oxygen atoms in total. The third kappa shape index (κ3) is 2.69.